The van der Waals surface area contributed by atoms with Crippen LogP contribution in [0.5, 0.6) is 0 Å². The van der Waals surface area contributed by atoms with Gasteiger partial charge in [0.25, 0.3) is 0 Å². The molecule has 1 aliphatic carbocycles. The second kappa shape index (κ2) is 6.20. The van der Waals surface area contributed by atoms with Crippen molar-refractivity contribution in [2.24, 2.45) is 0 Å². The predicted molar refractivity (Wildman–Crippen MR) is 85.2 cm³/mol. The Morgan fingerprint density at radius 1 is 1.41 bits per heavy atom. The molecule has 22 heavy (non-hydrogen) atoms. The third-order valence-corrected chi connectivity index (χ3v) is 5.29. The second-order valence-corrected chi connectivity index (χ2v) is 7.20. The highest BCUT2D eigenvalue weighted by Gasteiger charge is 2.24. The summed E-state index contributed by atoms with van der Waals surface area (Å²) in [7, 11) is 0. The van der Waals surface area contributed by atoms with Gasteiger partial charge in [0.15, 0.2) is 0 Å². The van der Waals surface area contributed by atoms with Crippen LogP contribution in [0.15, 0.2) is 4.52 Å². The maximum atomic E-state index is 12.2. The van der Waals surface area contributed by atoms with E-state index in [9.17, 15) is 4.79 Å². The van der Waals surface area contributed by atoms with Gasteiger partial charge in [-0.05, 0) is 40.0 Å². The van der Waals surface area contributed by atoms with E-state index in [0.29, 0.717) is 18.9 Å². The van der Waals surface area contributed by atoms with Crippen molar-refractivity contribution in [2.75, 3.05) is 6.54 Å². The lowest BCUT2D eigenvalue weighted by atomic mass is 9.91. The van der Waals surface area contributed by atoms with Gasteiger partial charge in [-0.15, -0.1) is 11.3 Å². The Morgan fingerprint density at radius 3 is 2.95 bits per heavy atom. The molecule has 0 saturated carbocycles. The molecule has 6 heteroatoms. The van der Waals surface area contributed by atoms with Crippen LogP contribution < -0.4 is 5.32 Å². The minimum atomic E-state index is 0.0217. The molecular formula is C16H21N3O2S. The minimum absolute atomic E-state index is 0.0217. The Labute approximate surface area is 134 Å². The number of rotatable bonds is 4. The third kappa shape index (κ3) is 3.06. The Bertz CT molecular complexity index is 670. The van der Waals surface area contributed by atoms with Crippen molar-refractivity contribution in [1.29, 1.82) is 0 Å². The van der Waals surface area contributed by atoms with Crippen LogP contribution in [0.25, 0.3) is 0 Å². The van der Waals surface area contributed by atoms with Gasteiger partial charge in [0.2, 0.25) is 5.91 Å². The number of aromatic nitrogens is 2. The zero-order valence-corrected chi connectivity index (χ0v) is 14.0. The van der Waals surface area contributed by atoms with E-state index in [4.69, 9.17) is 4.52 Å². The van der Waals surface area contributed by atoms with Gasteiger partial charge in [0.1, 0.15) is 5.76 Å². The molecule has 0 fully saturated rings. The summed E-state index contributed by atoms with van der Waals surface area (Å²) in [4.78, 5) is 18.2. The molecule has 0 spiro atoms. The summed E-state index contributed by atoms with van der Waals surface area (Å²) in [6.45, 7) is 6.42. The predicted octanol–water partition coefficient (Wildman–Crippen LogP) is 2.84. The van der Waals surface area contributed by atoms with Crippen LogP contribution in [0.2, 0.25) is 0 Å². The lowest BCUT2D eigenvalue weighted by Gasteiger charge is -2.21. The Hall–Kier alpha value is -1.69. The molecule has 0 radical (unpaired) electrons. The number of carbonyl (C=O) groups is 1. The Balaban J connectivity index is 1.60. The lowest BCUT2D eigenvalue weighted by Crippen LogP contribution is -2.31. The standard InChI is InChI=1S/C16H21N3O2S/c1-9-13(10(2)21-19-9)7-15(20)17-8-12-5-4-6-14-16(12)18-11(3)22-14/h12H,4-8H2,1-3H3,(H,17,20). The van der Waals surface area contributed by atoms with Gasteiger partial charge in [-0.3, -0.25) is 4.79 Å². The molecule has 1 atom stereocenters. The van der Waals surface area contributed by atoms with Crippen LogP contribution in [0.3, 0.4) is 0 Å². The highest BCUT2D eigenvalue weighted by Crippen LogP contribution is 2.34. The SMILES string of the molecule is Cc1nc2c(s1)CCCC2CNC(=O)Cc1c(C)noc1C. The fraction of sp³-hybridized carbons (Fsp3) is 0.562. The van der Waals surface area contributed by atoms with E-state index in [2.05, 4.69) is 22.4 Å². The van der Waals surface area contributed by atoms with Crippen LogP contribution in [0.4, 0.5) is 0 Å². The van der Waals surface area contributed by atoms with Crippen LogP contribution in [-0.4, -0.2) is 22.6 Å². The van der Waals surface area contributed by atoms with Crippen LogP contribution >= 0.6 is 11.3 Å². The van der Waals surface area contributed by atoms with Crippen molar-refractivity contribution < 1.29 is 9.32 Å². The Morgan fingerprint density at radius 2 is 2.23 bits per heavy atom. The number of carbonyl (C=O) groups excluding carboxylic acids is 1. The molecule has 2 heterocycles. The zero-order valence-electron chi connectivity index (χ0n) is 13.2. The molecule has 0 bridgehead atoms. The highest BCUT2D eigenvalue weighted by molar-refractivity contribution is 7.11. The molecule has 1 amide bonds. The third-order valence-electron chi connectivity index (χ3n) is 4.24. The maximum Gasteiger partial charge on any atom is 0.224 e. The van der Waals surface area contributed by atoms with Gasteiger partial charge in [-0.2, -0.15) is 0 Å². The first-order chi connectivity index (χ1) is 10.5. The summed E-state index contributed by atoms with van der Waals surface area (Å²) in [5.74, 6) is 1.10. The van der Waals surface area contributed by atoms with Crippen molar-refractivity contribution in [1.82, 2.24) is 15.5 Å². The van der Waals surface area contributed by atoms with Crippen molar-refractivity contribution in [3.63, 3.8) is 0 Å². The van der Waals surface area contributed by atoms with E-state index in [1.165, 1.54) is 17.0 Å². The summed E-state index contributed by atoms with van der Waals surface area (Å²) >= 11 is 1.79. The van der Waals surface area contributed by atoms with Crippen molar-refractivity contribution in [2.45, 2.75) is 52.4 Å². The molecule has 0 aliphatic heterocycles. The number of amides is 1. The van der Waals surface area contributed by atoms with Gasteiger partial charge >= 0.3 is 0 Å². The number of aryl methyl sites for hydroxylation is 4. The summed E-state index contributed by atoms with van der Waals surface area (Å²) in [6.07, 6.45) is 3.74. The lowest BCUT2D eigenvalue weighted by molar-refractivity contribution is -0.120. The van der Waals surface area contributed by atoms with E-state index in [0.717, 1.165) is 34.9 Å². The molecule has 5 nitrogen and oxygen atoms in total. The summed E-state index contributed by atoms with van der Waals surface area (Å²) in [5, 5.41) is 8.06. The first-order valence-corrected chi connectivity index (χ1v) is 8.51. The summed E-state index contributed by atoms with van der Waals surface area (Å²) in [6, 6.07) is 0. The number of nitrogens with one attached hydrogen (secondary N) is 1. The molecule has 0 aromatic carbocycles. The van der Waals surface area contributed by atoms with E-state index in [1.54, 1.807) is 11.3 Å². The van der Waals surface area contributed by atoms with E-state index in [1.807, 2.05) is 13.8 Å². The first kappa shape index (κ1) is 15.2. The van der Waals surface area contributed by atoms with Crippen molar-refractivity contribution in [3.05, 3.63) is 32.6 Å². The number of fused-ring (bicyclic) bond motifs is 1. The first-order valence-electron chi connectivity index (χ1n) is 7.69. The van der Waals surface area contributed by atoms with Gasteiger partial charge in [0, 0.05) is 22.9 Å². The normalized spacial score (nSPS) is 17.3. The van der Waals surface area contributed by atoms with Gasteiger partial charge in [-0.1, -0.05) is 5.16 Å². The topological polar surface area (TPSA) is 68.0 Å². The van der Waals surface area contributed by atoms with E-state index < -0.39 is 0 Å². The van der Waals surface area contributed by atoms with Gasteiger partial charge in [0.05, 0.1) is 22.8 Å². The summed E-state index contributed by atoms with van der Waals surface area (Å²) < 4.78 is 5.10. The van der Waals surface area contributed by atoms with E-state index >= 15 is 0 Å². The molecule has 118 valence electrons. The van der Waals surface area contributed by atoms with Gasteiger partial charge in [-0.25, -0.2) is 4.98 Å². The smallest absolute Gasteiger partial charge is 0.224 e. The number of hydrogen-bond acceptors (Lipinski definition) is 5. The number of thiazole rings is 1. The molecule has 1 aliphatic rings. The fourth-order valence-corrected chi connectivity index (χ4v) is 4.11. The average molecular weight is 319 g/mol. The summed E-state index contributed by atoms with van der Waals surface area (Å²) in [5.41, 5.74) is 2.89. The van der Waals surface area contributed by atoms with Crippen LogP contribution in [-0.2, 0) is 17.6 Å². The average Bonchev–Trinajstić information content (AvgIpc) is 3.01. The van der Waals surface area contributed by atoms with Crippen LogP contribution in [0.1, 0.15) is 51.4 Å². The minimum Gasteiger partial charge on any atom is -0.361 e. The molecule has 1 N–H and O–H groups in total. The van der Waals surface area contributed by atoms with Crippen molar-refractivity contribution >= 4 is 17.2 Å². The monoisotopic (exact) mass is 319 g/mol. The highest BCUT2D eigenvalue weighted by atomic mass is 32.1. The van der Waals surface area contributed by atoms with Crippen LogP contribution in [0, 0.1) is 20.8 Å². The Kier molecular flexibility index (Phi) is 4.29. The molecule has 2 aromatic heterocycles. The fourth-order valence-electron chi connectivity index (χ4n) is 3.04. The molecule has 2 aromatic rings. The quantitative estimate of drug-likeness (QED) is 0.941. The van der Waals surface area contributed by atoms with Crippen molar-refractivity contribution in [3.8, 4) is 0 Å². The van der Waals surface area contributed by atoms with Gasteiger partial charge < -0.3 is 9.84 Å². The molecular weight excluding hydrogens is 298 g/mol. The largest absolute Gasteiger partial charge is 0.361 e. The van der Waals surface area contributed by atoms with E-state index in [-0.39, 0.29) is 5.91 Å². The second-order valence-electron chi connectivity index (χ2n) is 5.91. The molecule has 0 saturated heterocycles. The molecule has 3 rings (SSSR count). The number of nitrogens with zero attached hydrogens (tertiary/aromatic N) is 2. The maximum absolute atomic E-state index is 12.2. The number of hydrogen-bond donors (Lipinski definition) is 1. The molecule has 1 unspecified atom stereocenters. The zero-order chi connectivity index (χ0) is 15.7.